The van der Waals surface area contributed by atoms with Crippen LogP contribution in [0.4, 0.5) is 5.69 Å². The maximum atomic E-state index is 10.9. The first-order chi connectivity index (χ1) is 14.1. The quantitative estimate of drug-likeness (QED) is 0.363. The number of benzene rings is 2. The Morgan fingerprint density at radius 1 is 1.10 bits per heavy atom. The van der Waals surface area contributed by atoms with E-state index in [0.29, 0.717) is 29.4 Å². The summed E-state index contributed by atoms with van der Waals surface area (Å²) in [7, 11) is 0. The lowest BCUT2D eigenvalue weighted by Gasteiger charge is -2.10. The molecule has 9 nitrogen and oxygen atoms in total. The van der Waals surface area contributed by atoms with Crippen molar-refractivity contribution in [1.29, 1.82) is 0 Å². The highest BCUT2D eigenvalue weighted by molar-refractivity contribution is 5.58. The number of nitro groups is 1. The fraction of sp³-hybridized carbons (Fsp3) is 0.100. The van der Waals surface area contributed by atoms with Gasteiger partial charge in [-0.15, -0.1) is 5.10 Å². The number of ether oxygens (including phenoxy) is 1. The van der Waals surface area contributed by atoms with E-state index in [1.807, 2.05) is 31.2 Å². The summed E-state index contributed by atoms with van der Waals surface area (Å²) in [5, 5.41) is 18.6. The minimum atomic E-state index is -0.441. The van der Waals surface area contributed by atoms with Crippen LogP contribution in [0.2, 0.25) is 0 Å². The summed E-state index contributed by atoms with van der Waals surface area (Å²) in [5.41, 5.74) is 2.30. The molecule has 0 radical (unpaired) electrons. The third-order valence-electron chi connectivity index (χ3n) is 4.18. The Labute approximate surface area is 165 Å². The van der Waals surface area contributed by atoms with Crippen molar-refractivity contribution in [1.82, 2.24) is 25.0 Å². The highest BCUT2D eigenvalue weighted by Gasteiger charge is 2.11. The van der Waals surface area contributed by atoms with Gasteiger partial charge in [0.1, 0.15) is 5.75 Å². The molecule has 0 amide bonds. The molecule has 4 rings (SSSR count). The molecule has 0 unspecified atom stereocenters. The highest BCUT2D eigenvalue weighted by Crippen LogP contribution is 2.26. The van der Waals surface area contributed by atoms with Gasteiger partial charge < -0.3 is 4.74 Å². The molecule has 4 aromatic rings. The minimum absolute atomic E-state index is 0.0156. The highest BCUT2D eigenvalue weighted by atomic mass is 16.6. The summed E-state index contributed by atoms with van der Waals surface area (Å²) in [6, 6.07) is 15.3. The minimum Gasteiger partial charge on any atom is -0.439 e. The number of rotatable bonds is 6. The van der Waals surface area contributed by atoms with E-state index in [1.165, 1.54) is 12.1 Å². The molecule has 29 heavy (non-hydrogen) atoms. The maximum absolute atomic E-state index is 10.9. The molecule has 0 aliphatic carbocycles. The molecule has 9 heteroatoms. The molecule has 0 saturated heterocycles. The topological polar surface area (TPSA) is 109 Å². The number of non-ortho nitro benzene ring substituents is 1. The van der Waals surface area contributed by atoms with Gasteiger partial charge in [-0.3, -0.25) is 10.1 Å². The van der Waals surface area contributed by atoms with E-state index in [4.69, 9.17) is 4.74 Å². The van der Waals surface area contributed by atoms with Crippen LogP contribution >= 0.6 is 0 Å². The van der Waals surface area contributed by atoms with Crippen LogP contribution in [-0.2, 0) is 6.42 Å². The van der Waals surface area contributed by atoms with Crippen LogP contribution in [0.5, 0.6) is 11.6 Å². The van der Waals surface area contributed by atoms with Gasteiger partial charge in [-0.2, -0.15) is 4.98 Å². The molecular formula is C20H16N6O3. The molecule has 0 atom stereocenters. The zero-order valence-corrected chi connectivity index (χ0v) is 15.5. The Hall–Kier alpha value is -4.14. The first kappa shape index (κ1) is 18.2. The van der Waals surface area contributed by atoms with Gasteiger partial charge >= 0.3 is 0 Å². The van der Waals surface area contributed by atoms with E-state index in [1.54, 1.807) is 35.3 Å². The van der Waals surface area contributed by atoms with E-state index in [-0.39, 0.29) is 5.69 Å². The number of hydrogen-bond donors (Lipinski definition) is 0. The molecular weight excluding hydrogens is 372 g/mol. The van der Waals surface area contributed by atoms with Crippen molar-refractivity contribution in [2.75, 3.05) is 0 Å². The monoisotopic (exact) mass is 388 g/mol. The fourth-order valence-electron chi connectivity index (χ4n) is 2.72. The fourth-order valence-corrected chi connectivity index (χ4v) is 2.72. The number of hydrogen-bond acceptors (Lipinski definition) is 7. The van der Waals surface area contributed by atoms with Crippen molar-refractivity contribution < 1.29 is 9.66 Å². The van der Waals surface area contributed by atoms with Crippen LogP contribution in [0, 0.1) is 10.1 Å². The average molecular weight is 388 g/mol. The summed E-state index contributed by atoms with van der Waals surface area (Å²) in [4.78, 5) is 19.4. The zero-order valence-electron chi connectivity index (χ0n) is 15.5. The lowest BCUT2D eigenvalue weighted by Crippen LogP contribution is -1.99. The number of nitro benzene ring substituents is 1. The third kappa shape index (κ3) is 4.08. The summed E-state index contributed by atoms with van der Waals surface area (Å²) in [6.45, 7) is 1.98. The van der Waals surface area contributed by atoms with Crippen LogP contribution in [0.1, 0.15) is 12.6 Å². The second kappa shape index (κ2) is 7.85. The van der Waals surface area contributed by atoms with Gasteiger partial charge in [0, 0.05) is 35.5 Å². The molecule has 0 saturated carbocycles. The molecule has 0 spiro atoms. The summed E-state index contributed by atoms with van der Waals surface area (Å²) >= 11 is 0. The van der Waals surface area contributed by atoms with Gasteiger partial charge in [-0.1, -0.05) is 18.2 Å². The van der Waals surface area contributed by atoms with Gasteiger partial charge in [0.05, 0.1) is 23.0 Å². The number of aryl methyl sites for hydroxylation is 1. The Morgan fingerprint density at radius 3 is 2.62 bits per heavy atom. The van der Waals surface area contributed by atoms with E-state index < -0.39 is 4.92 Å². The second-order valence-electron chi connectivity index (χ2n) is 6.13. The van der Waals surface area contributed by atoms with E-state index in [0.717, 1.165) is 11.4 Å². The first-order valence-electron chi connectivity index (χ1n) is 8.90. The van der Waals surface area contributed by atoms with Crippen LogP contribution in [0.25, 0.3) is 17.1 Å². The van der Waals surface area contributed by atoms with Crippen molar-refractivity contribution in [3.05, 3.63) is 82.8 Å². The first-order valence-corrected chi connectivity index (χ1v) is 8.90. The van der Waals surface area contributed by atoms with E-state index >= 15 is 0 Å². The molecule has 2 heterocycles. The van der Waals surface area contributed by atoms with E-state index in [9.17, 15) is 10.1 Å². The van der Waals surface area contributed by atoms with Crippen LogP contribution in [0.3, 0.4) is 0 Å². The molecule has 2 aromatic heterocycles. The van der Waals surface area contributed by atoms with Crippen LogP contribution in [-0.4, -0.2) is 29.9 Å². The van der Waals surface area contributed by atoms with Crippen molar-refractivity contribution in [2.24, 2.45) is 0 Å². The average Bonchev–Trinajstić information content (AvgIpc) is 3.29. The molecule has 2 aromatic carbocycles. The molecule has 0 fully saturated rings. The van der Waals surface area contributed by atoms with Gasteiger partial charge in [0.15, 0.2) is 5.82 Å². The van der Waals surface area contributed by atoms with E-state index in [2.05, 4.69) is 20.3 Å². The molecule has 144 valence electrons. The smallest absolute Gasteiger partial charge is 0.269 e. The molecule has 0 N–H and O–H groups in total. The Kier molecular flexibility index (Phi) is 4.93. The lowest BCUT2D eigenvalue weighted by molar-refractivity contribution is -0.384. The molecule has 0 bridgehead atoms. The van der Waals surface area contributed by atoms with Crippen LogP contribution in [0.15, 0.2) is 67.0 Å². The standard InChI is InChI=1S/C20H16N6O3/c1-2-15-12-19(23-20(22-15)14-6-8-16(9-7-14)26(27)28)29-18-5-3-4-17(13-18)25-11-10-21-24-25/h3-13H,2H2,1H3. The van der Waals surface area contributed by atoms with Crippen molar-refractivity contribution in [3.63, 3.8) is 0 Å². The van der Waals surface area contributed by atoms with Gasteiger partial charge in [-0.25, -0.2) is 9.67 Å². The Balaban J connectivity index is 1.65. The van der Waals surface area contributed by atoms with Crippen molar-refractivity contribution in [2.45, 2.75) is 13.3 Å². The van der Waals surface area contributed by atoms with Gasteiger partial charge in [0.25, 0.3) is 5.69 Å². The predicted octanol–water partition coefficient (Wildman–Crippen LogP) is 3.99. The zero-order chi connectivity index (χ0) is 20.2. The maximum Gasteiger partial charge on any atom is 0.269 e. The number of nitrogens with zero attached hydrogens (tertiary/aromatic N) is 6. The Morgan fingerprint density at radius 2 is 1.93 bits per heavy atom. The number of aromatic nitrogens is 5. The summed E-state index contributed by atoms with van der Waals surface area (Å²) in [6.07, 6.45) is 4.03. The van der Waals surface area contributed by atoms with Crippen LogP contribution < -0.4 is 4.74 Å². The predicted molar refractivity (Wildman–Crippen MR) is 105 cm³/mol. The van der Waals surface area contributed by atoms with Crippen molar-refractivity contribution >= 4 is 5.69 Å². The Bertz CT molecular complexity index is 1140. The largest absolute Gasteiger partial charge is 0.439 e. The normalized spacial score (nSPS) is 10.7. The van der Waals surface area contributed by atoms with Gasteiger partial charge in [0.2, 0.25) is 5.88 Å². The molecule has 0 aliphatic heterocycles. The van der Waals surface area contributed by atoms with Crippen molar-refractivity contribution in [3.8, 4) is 28.7 Å². The lowest BCUT2D eigenvalue weighted by atomic mass is 10.2. The SMILES string of the molecule is CCc1cc(Oc2cccc(-n3ccnn3)c2)nc(-c2ccc([N+](=O)[O-])cc2)n1. The third-order valence-corrected chi connectivity index (χ3v) is 4.18. The molecule has 0 aliphatic rings. The van der Waals surface area contributed by atoms with Gasteiger partial charge in [-0.05, 0) is 30.7 Å². The summed E-state index contributed by atoms with van der Waals surface area (Å²) in [5.74, 6) is 1.43. The second-order valence-corrected chi connectivity index (χ2v) is 6.13. The summed E-state index contributed by atoms with van der Waals surface area (Å²) < 4.78 is 7.59.